The van der Waals surface area contributed by atoms with Crippen LogP contribution in [0.1, 0.15) is 34.6 Å². The van der Waals surface area contributed by atoms with Gasteiger partial charge in [-0.15, -0.1) is 0 Å². The zero-order valence-electron chi connectivity index (χ0n) is 11.5. The van der Waals surface area contributed by atoms with Gasteiger partial charge in [0.15, 0.2) is 0 Å². The molecule has 0 aromatic carbocycles. The predicted octanol–water partition coefficient (Wildman–Crippen LogP) is 1.96. The monoisotopic (exact) mass is 245 g/mol. The molecule has 0 aromatic heterocycles. The van der Waals surface area contributed by atoms with Gasteiger partial charge in [0.2, 0.25) is 0 Å². The molecule has 0 aliphatic carbocycles. The fourth-order valence-corrected chi connectivity index (χ4v) is 1.25. The lowest BCUT2D eigenvalue weighted by Gasteiger charge is -2.22. The number of hydrogen-bond acceptors (Lipinski definition) is 4. The molecule has 100 valence electrons. The minimum atomic E-state index is -0.539. The Morgan fingerprint density at radius 3 is 2.12 bits per heavy atom. The van der Waals surface area contributed by atoms with E-state index in [1.165, 1.54) is 7.11 Å². The van der Waals surface area contributed by atoms with Crippen LogP contribution >= 0.6 is 0 Å². The first-order chi connectivity index (χ1) is 7.67. The highest BCUT2D eigenvalue weighted by Crippen LogP contribution is 2.12. The summed E-state index contributed by atoms with van der Waals surface area (Å²) >= 11 is 0. The van der Waals surface area contributed by atoms with E-state index >= 15 is 0 Å². The minimum absolute atomic E-state index is 0.0948. The number of nitrogens with one attached hydrogen (secondary N) is 1. The smallest absolute Gasteiger partial charge is 0.407 e. The highest BCUT2D eigenvalue weighted by Gasteiger charge is 2.24. The fraction of sp³-hybridized carbons (Fsp3) is 0.833. The number of hydrogen-bond donors (Lipinski definition) is 1. The molecular formula is C12H23NO4. The van der Waals surface area contributed by atoms with Crippen LogP contribution in [0.4, 0.5) is 4.79 Å². The van der Waals surface area contributed by atoms with Crippen molar-refractivity contribution in [1.29, 1.82) is 0 Å². The SMILES string of the molecule is COC(=O)[C@@H](CNC(=O)OC(C)(C)C)C(C)C. The molecule has 0 unspecified atom stereocenters. The first kappa shape index (κ1) is 15.7. The van der Waals surface area contributed by atoms with Crippen LogP contribution < -0.4 is 5.32 Å². The third kappa shape index (κ3) is 6.81. The summed E-state index contributed by atoms with van der Waals surface area (Å²) in [6.07, 6.45) is -0.521. The van der Waals surface area contributed by atoms with Crippen molar-refractivity contribution in [1.82, 2.24) is 5.32 Å². The van der Waals surface area contributed by atoms with Gasteiger partial charge in [-0.1, -0.05) is 13.8 Å². The molecule has 0 aromatic rings. The quantitative estimate of drug-likeness (QED) is 0.769. The van der Waals surface area contributed by atoms with Gasteiger partial charge < -0.3 is 14.8 Å². The third-order valence-electron chi connectivity index (χ3n) is 2.17. The number of carbonyl (C=O) groups is 2. The summed E-state index contributed by atoms with van der Waals surface area (Å²) in [6.45, 7) is 9.38. The lowest BCUT2D eigenvalue weighted by molar-refractivity contribution is -0.146. The highest BCUT2D eigenvalue weighted by molar-refractivity contribution is 5.74. The average Bonchev–Trinajstić information content (AvgIpc) is 2.14. The zero-order valence-corrected chi connectivity index (χ0v) is 11.5. The Hall–Kier alpha value is -1.26. The van der Waals surface area contributed by atoms with Crippen molar-refractivity contribution in [3.63, 3.8) is 0 Å². The lowest BCUT2D eigenvalue weighted by Crippen LogP contribution is -2.39. The van der Waals surface area contributed by atoms with E-state index in [9.17, 15) is 9.59 Å². The zero-order chi connectivity index (χ0) is 13.6. The molecule has 0 aliphatic rings. The largest absolute Gasteiger partial charge is 0.469 e. The van der Waals surface area contributed by atoms with Gasteiger partial charge >= 0.3 is 12.1 Å². The van der Waals surface area contributed by atoms with Crippen LogP contribution in [-0.2, 0) is 14.3 Å². The second kappa shape index (κ2) is 6.47. The van der Waals surface area contributed by atoms with Crippen LogP contribution in [0.15, 0.2) is 0 Å². The van der Waals surface area contributed by atoms with Gasteiger partial charge in [-0.2, -0.15) is 0 Å². The molecule has 0 fully saturated rings. The number of alkyl carbamates (subject to hydrolysis) is 1. The van der Waals surface area contributed by atoms with Crippen molar-refractivity contribution in [2.45, 2.75) is 40.2 Å². The average molecular weight is 245 g/mol. The maximum atomic E-state index is 11.4. The second-order valence-electron chi connectivity index (χ2n) is 5.26. The highest BCUT2D eigenvalue weighted by atomic mass is 16.6. The molecule has 0 rings (SSSR count). The second-order valence-corrected chi connectivity index (χ2v) is 5.26. The number of carbonyl (C=O) groups excluding carboxylic acids is 2. The molecule has 1 N–H and O–H groups in total. The molecule has 0 heterocycles. The van der Waals surface area contributed by atoms with Crippen molar-refractivity contribution < 1.29 is 19.1 Å². The Balaban J connectivity index is 4.23. The van der Waals surface area contributed by atoms with Crippen LogP contribution in [0, 0.1) is 11.8 Å². The molecule has 1 atom stereocenters. The topological polar surface area (TPSA) is 64.6 Å². The van der Waals surface area contributed by atoms with E-state index in [1.807, 2.05) is 13.8 Å². The van der Waals surface area contributed by atoms with Crippen molar-refractivity contribution >= 4 is 12.1 Å². The van der Waals surface area contributed by atoms with Crippen molar-refractivity contribution in [3.8, 4) is 0 Å². The lowest BCUT2D eigenvalue weighted by atomic mass is 9.96. The van der Waals surface area contributed by atoms with E-state index in [4.69, 9.17) is 4.74 Å². The van der Waals surface area contributed by atoms with E-state index in [0.29, 0.717) is 0 Å². The van der Waals surface area contributed by atoms with Crippen molar-refractivity contribution in [3.05, 3.63) is 0 Å². The molecule has 0 radical (unpaired) electrons. The van der Waals surface area contributed by atoms with Gasteiger partial charge in [0.25, 0.3) is 0 Å². The molecule has 0 saturated carbocycles. The molecule has 5 heteroatoms. The summed E-state index contributed by atoms with van der Waals surface area (Å²) in [6, 6.07) is 0. The first-order valence-electron chi connectivity index (χ1n) is 5.72. The summed E-state index contributed by atoms with van der Waals surface area (Å²) in [5.74, 6) is -0.582. The summed E-state index contributed by atoms with van der Waals surface area (Å²) in [7, 11) is 1.34. The number of amides is 1. The molecular weight excluding hydrogens is 222 g/mol. The molecule has 0 aliphatic heterocycles. The van der Waals surface area contributed by atoms with Crippen LogP contribution in [0.3, 0.4) is 0 Å². The normalized spacial score (nSPS) is 13.1. The van der Waals surface area contributed by atoms with Crippen molar-refractivity contribution in [2.24, 2.45) is 11.8 Å². The summed E-state index contributed by atoms with van der Waals surface area (Å²) < 4.78 is 9.75. The van der Waals surface area contributed by atoms with Gasteiger partial charge in [0, 0.05) is 6.54 Å². The van der Waals surface area contributed by atoms with Crippen LogP contribution in [0.5, 0.6) is 0 Å². The van der Waals surface area contributed by atoms with Crippen molar-refractivity contribution in [2.75, 3.05) is 13.7 Å². The van der Waals surface area contributed by atoms with Gasteiger partial charge in [0.05, 0.1) is 13.0 Å². The maximum Gasteiger partial charge on any atom is 0.407 e. The van der Waals surface area contributed by atoms with Crippen LogP contribution in [-0.4, -0.2) is 31.3 Å². The van der Waals surface area contributed by atoms with Gasteiger partial charge in [-0.3, -0.25) is 4.79 Å². The van der Waals surface area contributed by atoms with E-state index in [2.05, 4.69) is 10.1 Å². The fourth-order valence-electron chi connectivity index (χ4n) is 1.25. The molecule has 17 heavy (non-hydrogen) atoms. The summed E-state index contributed by atoms with van der Waals surface area (Å²) in [4.78, 5) is 22.8. The number of esters is 1. The van der Waals surface area contributed by atoms with Gasteiger partial charge in [-0.05, 0) is 26.7 Å². The van der Waals surface area contributed by atoms with E-state index in [-0.39, 0.29) is 24.3 Å². The van der Waals surface area contributed by atoms with E-state index < -0.39 is 11.7 Å². The molecule has 0 bridgehead atoms. The number of methoxy groups -OCH3 is 1. The minimum Gasteiger partial charge on any atom is -0.469 e. The summed E-state index contributed by atoms with van der Waals surface area (Å²) in [5, 5.41) is 2.57. The Labute approximate surface area is 103 Å². The Morgan fingerprint density at radius 2 is 1.76 bits per heavy atom. The molecule has 0 spiro atoms. The Morgan fingerprint density at radius 1 is 1.24 bits per heavy atom. The first-order valence-corrected chi connectivity index (χ1v) is 5.72. The molecule has 1 amide bonds. The molecule has 5 nitrogen and oxygen atoms in total. The Kier molecular flexibility index (Phi) is 5.99. The van der Waals surface area contributed by atoms with Gasteiger partial charge in [0.1, 0.15) is 5.60 Å². The number of ether oxygens (including phenoxy) is 2. The van der Waals surface area contributed by atoms with Crippen LogP contribution in [0.2, 0.25) is 0 Å². The standard InChI is InChI=1S/C12H23NO4/c1-8(2)9(10(14)16-6)7-13-11(15)17-12(3,4)5/h8-9H,7H2,1-6H3,(H,13,15)/t9-/m0/s1. The maximum absolute atomic E-state index is 11.4. The number of rotatable bonds is 4. The van der Waals surface area contributed by atoms with E-state index in [0.717, 1.165) is 0 Å². The summed E-state index contributed by atoms with van der Waals surface area (Å²) in [5.41, 5.74) is -0.539. The van der Waals surface area contributed by atoms with E-state index in [1.54, 1.807) is 20.8 Å². The molecule has 0 saturated heterocycles. The third-order valence-corrected chi connectivity index (χ3v) is 2.17. The van der Waals surface area contributed by atoms with Crippen LogP contribution in [0.25, 0.3) is 0 Å². The van der Waals surface area contributed by atoms with Gasteiger partial charge in [-0.25, -0.2) is 4.79 Å². The predicted molar refractivity (Wildman–Crippen MR) is 64.6 cm³/mol. The Bertz CT molecular complexity index is 268.